The lowest BCUT2D eigenvalue weighted by molar-refractivity contribution is 0.451. The normalized spacial score (nSPS) is 10.7. The zero-order valence-electron chi connectivity index (χ0n) is 9.00. The molecule has 2 heterocycles. The molecule has 0 radical (unpaired) electrons. The molecule has 1 N–H and O–H groups in total. The minimum atomic E-state index is -0.398. The molecule has 0 atom stereocenters. The van der Waals surface area contributed by atoms with Gasteiger partial charge in [0, 0.05) is 10.5 Å². The first-order chi connectivity index (χ1) is 8.72. The lowest BCUT2D eigenvalue weighted by Crippen LogP contribution is -2.12. The van der Waals surface area contributed by atoms with E-state index in [1.165, 1.54) is 0 Å². The molecule has 7 heteroatoms. The third kappa shape index (κ3) is 2.00. The van der Waals surface area contributed by atoms with Crippen LogP contribution in [0, 0.1) is 0 Å². The highest BCUT2D eigenvalue weighted by Crippen LogP contribution is 2.22. The first-order valence-corrected chi connectivity index (χ1v) is 5.89. The molecule has 18 heavy (non-hydrogen) atoms. The van der Waals surface area contributed by atoms with Crippen molar-refractivity contribution in [3.8, 4) is 11.6 Å². The molecule has 3 rings (SSSR count). The van der Waals surface area contributed by atoms with E-state index in [0.29, 0.717) is 17.3 Å². The second-order valence-corrected chi connectivity index (χ2v) is 4.45. The fourth-order valence-electron chi connectivity index (χ4n) is 1.49. The van der Waals surface area contributed by atoms with Crippen molar-refractivity contribution < 1.29 is 4.74 Å². The summed E-state index contributed by atoms with van der Waals surface area (Å²) < 4.78 is 7.60. The number of aromatic amines is 1. The maximum atomic E-state index is 11.4. The summed E-state index contributed by atoms with van der Waals surface area (Å²) in [5.41, 5.74) is 0.0475. The van der Waals surface area contributed by atoms with E-state index in [2.05, 4.69) is 31.2 Å². The Morgan fingerprint density at radius 2 is 2.17 bits per heavy atom. The largest absolute Gasteiger partial charge is 0.438 e. The Labute approximate surface area is 109 Å². The second kappa shape index (κ2) is 4.26. The molecule has 0 saturated carbocycles. The van der Waals surface area contributed by atoms with Crippen molar-refractivity contribution in [2.24, 2.45) is 0 Å². The minimum Gasteiger partial charge on any atom is -0.438 e. The Morgan fingerprint density at radius 1 is 1.28 bits per heavy atom. The van der Waals surface area contributed by atoms with Crippen LogP contribution in [0.3, 0.4) is 0 Å². The third-order valence-corrected chi connectivity index (χ3v) is 2.76. The van der Waals surface area contributed by atoms with E-state index in [1.54, 1.807) is 18.2 Å². The lowest BCUT2D eigenvalue weighted by Gasteiger charge is -2.04. The van der Waals surface area contributed by atoms with Crippen LogP contribution in [-0.4, -0.2) is 19.8 Å². The number of ether oxygens (including phenoxy) is 1. The van der Waals surface area contributed by atoms with Gasteiger partial charge in [0.25, 0.3) is 0 Å². The standard InChI is InChI=1S/C11H7BrN4O2/c12-7-2-1-3-8(6-7)18-10-5-4-9-13-14-11(17)16(9)15-10/h1-6H,(H,14,17). The van der Waals surface area contributed by atoms with Gasteiger partial charge in [-0.05, 0) is 24.3 Å². The lowest BCUT2D eigenvalue weighted by atomic mass is 10.3. The average Bonchev–Trinajstić information content (AvgIpc) is 2.71. The highest BCUT2D eigenvalue weighted by Gasteiger charge is 2.04. The molecule has 1 aromatic carbocycles. The monoisotopic (exact) mass is 306 g/mol. The first kappa shape index (κ1) is 11.0. The Balaban J connectivity index is 1.99. The second-order valence-electron chi connectivity index (χ2n) is 3.53. The molecule has 0 fully saturated rings. The number of rotatable bonds is 2. The van der Waals surface area contributed by atoms with Gasteiger partial charge in [-0.25, -0.2) is 9.89 Å². The van der Waals surface area contributed by atoms with Crippen molar-refractivity contribution in [3.63, 3.8) is 0 Å². The summed E-state index contributed by atoms with van der Waals surface area (Å²) in [4.78, 5) is 11.4. The van der Waals surface area contributed by atoms with Crippen LogP contribution in [0.2, 0.25) is 0 Å². The van der Waals surface area contributed by atoms with Crippen LogP contribution < -0.4 is 10.4 Å². The molecule has 0 aliphatic rings. The van der Waals surface area contributed by atoms with Crippen LogP contribution in [0.1, 0.15) is 0 Å². The van der Waals surface area contributed by atoms with Gasteiger partial charge in [0.15, 0.2) is 5.65 Å². The van der Waals surface area contributed by atoms with Gasteiger partial charge in [0.1, 0.15) is 5.75 Å². The first-order valence-electron chi connectivity index (χ1n) is 5.10. The summed E-state index contributed by atoms with van der Waals surface area (Å²) in [6.45, 7) is 0. The predicted octanol–water partition coefficient (Wildman–Crippen LogP) is 1.97. The van der Waals surface area contributed by atoms with E-state index in [4.69, 9.17) is 4.74 Å². The maximum absolute atomic E-state index is 11.4. The SMILES string of the molecule is O=c1[nH]nc2ccc(Oc3cccc(Br)c3)nn12. The molecular formula is C11H7BrN4O2. The topological polar surface area (TPSA) is 72.3 Å². The summed E-state index contributed by atoms with van der Waals surface area (Å²) in [7, 11) is 0. The third-order valence-electron chi connectivity index (χ3n) is 2.27. The highest BCUT2D eigenvalue weighted by molar-refractivity contribution is 9.10. The maximum Gasteiger partial charge on any atom is 0.364 e. The molecular weight excluding hydrogens is 300 g/mol. The number of halogens is 1. The minimum absolute atomic E-state index is 0.323. The molecule has 0 bridgehead atoms. The van der Waals surface area contributed by atoms with Crippen LogP contribution in [0.5, 0.6) is 11.6 Å². The number of benzene rings is 1. The van der Waals surface area contributed by atoms with E-state index >= 15 is 0 Å². The van der Waals surface area contributed by atoms with Crippen LogP contribution >= 0.6 is 15.9 Å². The van der Waals surface area contributed by atoms with Crippen LogP contribution in [0.15, 0.2) is 45.7 Å². The molecule has 0 saturated heterocycles. The van der Waals surface area contributed by atoms with Gasteiger partial charge in [0.05, 0.1) is 0 Å². The van der Waals surface area contributed by atoms with Gasteiger partial charge in [-0.15, -0.1) is 5.10 Å². The quantitative estimate of drug-likeness (QED) is 0.785. The van der Waals surface area contributed by atoms with Crippen molar-refractivity contribution in [3.05, 3.63) is 51.4 Å². The number of hydrogen-bond donors (Lipinski definition) is 1. The van der Waals surface area contributed by atoms with E-state index < -0.39 is 5.69 Å². The molecule has 0 aliphatic carbocycles. The molecule has 90 valence electrons. The van der Waals surface area contributed by atoms with E-state index in [9.17, 15) is 4.79 Å². The molecule has 0 aliphatic heterocycles. The van der Waals surface area contributed by atoms with E-state index in [0.717, 1.165) is 8.99 Å². The number of hydrogen-bond acceptors (Lipinski definition) is 4. The number of aromatic nitrogens is 4. The van der Waals surface area contributed by atoms with Crippen LogP contribution in [0.25, 0.3) is 5.65 Å². The van der Waals surface area contributed by atoms with E-state index in [-0.39, 0.29) is 0 Å². The zero-order valence-corrected chi connectivity index (χ0v) is 10.6. The Morgan fingerprint density at radius 3 is 3.00 bits per heavy atom. The van der Waals surface area contributed by atoms with Gasteiger partial charge in [-0.1, -0.05) is 22.0 Å². The number of nitrogens with one attached hydrogen (secondary N) is 1. The molecule has 3 aromatic rings. The predicted molar refractivity (Wildman–Crippen MR) is 67.8 cm³/mol. The Hall–Kier alpha value is -2.15. The average molecular weight is 307 g/mol. The summed E-state index contributed by atoms with van der Waals surface area (Å²) in [5, 5.41) is 10.1. The van der Waals surface area contributed by atoms with Crippen molar-refractivity contribution in [2.45, 2.75) is 0 Å². The fourth-order valence-corrected chi connectivity index (χ4v) is 1.87. The Kier molecular flexibility index (Phi) is 2.60. The molecule has 2 aromatic heterocycles. The number of nitrogens with zero attached hydrogens (tertiary/aromatic N) is 3. The van der Waals surface area contributed by atoms with Crippen LogP contribution in [0.4, 0.5) is 0 Å². The highest BCUT2D eigenvalue weighted by atomic mass is 79.9. The molecule has 6 nitrogen and oxygen atoms in total. The number of H-pyrrole nitrogens is 1. The smallest absolute Gasteiger partial charge is 0.364 e. The summed E-state index contributed by atoms with van der Waals surface area (Å²) in [6, 6.07) is 10.7. The van der Waals surface area contributed by atoms with Gasteiger partial charge in [-0.3, -0.25) is 0 Å². The van der Waals surface area contributed by atoms with Crippen molar-refractivity contribution >= 4 is 21.6 Å². The van der Waals surface area contributed by atoms with Crippen molar-refractivity contribution in [1.29, 1.82) is 0 Å². The summed E-state index contributed by atoms with van der Waals surface area (Å²) >= 11 is 3.35. The Bertz CT molecular complexity index is 765. The van der Waals surface area contributed by atoms with E-state index in [1.807, 2.05) is 18.2 Å². The van der Waals surface area contributed by atoms with Gasteiger partial charge in [0.2, 0.25) is 5.88 Å². The molecule has 0 spiro atoms. The van der Waals surface area contributed by atoms with Gasteiger partial charge in [-0.2, -0.15) is 9.61 Å². The van der Waals surface area contributed by atoms with Crippen LogP contribution in [-0.2, 0) is 0 Å². The van der Waals surface area contributed by atoms with Gasteiger partial charge < -0.3 is 4.74 Å². The summed E-state index contributed by atoms with van der Waals surface area (Å²) in [5.74, 6) is 0.955. The summed E-state index contributed by atoms with van der Waals surface area (Å²) in [6.07, 6.45) is 0. The fraction of sp³-hybridized carbons (Fsp3) is 0. The zero-order chi connectivity index (χ0) is 12.5. The van der Waals surface area contributed by atoms with Crippen molar-refractivity contribution in [2.75, 3.05) is 0 Å². The van der Waals surface area contributed by atoms with Crippen molar-refractivity contribution in [1.82, 2.24) is 19.8 Å². The molecule has 0 amide bonds. The number of fused-ring (bicyclic) bond motifs is 1. The van der Waals surface area contributed by atoms with Gasteiger partial charge >= 0.3 is 5.69 Å². The molecule has 0 unspecified atom stereocenters.